The maximum atomic E-state index is 10.4. The molecule has 0 bridgehead atoms. The highest BCUT2D eigenvalue weighted by atomic mass is 16.5. The van der Waals surface area contributed by atoms with E-state index in [1.54, 1.807) is 7.11 Å². The van der Waals surface area contributed by atoms with Crippen LogP contribution in [0.15, 0.2) is 42.5 Å². The highest BCUT2D eigenvalue weighted by Crippen LogP contribution is 2.28. The fourth-order valence-electron chi connectivity index (χ4n) is 3.99. The zero-order valence-electron chi connectivity index (χ0n) is 18.1. The van der Waals surface area contributed by atoms with E-state index in [1.807, 2.05) is 24.3 Å². The average molecular weight is 399 g/mol. The second kappa shape index (κ2) is 9.99. The van der Waals surface area contributed by atoms with Gasteiger partial charge in [-0.05, 0) is 48.2 Å². The highest BCUT2D eigenvalue weighted by molar-refractivity contribution is 5.58. The fraction of sp³-hybridized carbons (Fsp3) is 0.500. The zero-order valence-corrected chi connectivity index (χ0v) is 18.1. The van der Waals surface area contributed by atoms with Crippen LogP contribution >= 0.6 is 0 Å². The number of aliphatic hydroxyl groups is 1. The van der Waals surface area contributed by atoms with Crippen LogP contribution in [0.1, 0.15) is 30.9 Å². The number of piperazine rings is 1. The summed E-state index contributed by atoms with van der Waals surface area (Å²) in [6, 6.07) is 14.3. The van der Waals surface area contributed by atoms with Gasteiger partial charge in [-0.15, -0.1) is 0 Å². The monoisotopic (exact) mass is 398 g/mol. The molecule has 0 saturated carbocycles. The molecule has 1 heterocycles. The molecule has 0 aliphatic carbocycles. The van der Waals surface area contributed by atoms with Crippen LogP contribution in [0.5, 0.6) is 11.5 Å². The smallest absolute Gasteiger partial charge is 0.142 e. The number of methoxy groups -OCH3 is 1. The van der Waals surface area contributed by atoms with Crippen LogP contribution in [0.3, 0.4) is 0 Å². The van der Waals surface area contributed by atoms with E-state index in [4.69, 9.17) is 9.47 Å². The van der Waals surface area contributed by atoms with E-state index < -0.39 is 6.10 Å². The summed E-state index contributed by atoms with van der Waals surface area (Å²) >= 11 is 0. The Labute approximate surface area is 174 Å². The first-order valence-corrected chi connectivity index (χ1v) is 10.5. The van der Waals surface area contributed by atoms with Crippen LogP contribution in [0.4, 0.5) is 5.69 Å². The molecule has 1 N–H and O–H groups in total. The summed E-state index contributed by atoms with van der Waals surface area (Å²) in [6.07, 6.45) is -0.502. The van der Waals surface area contributed by atoms with Crippen molar-refractivity contribution in [3.05, 3.63) is 53.6 Å². The number of hydrogen-bond donors (Lipinski definition) is 1. The first-order valence-electron chi connectivity index (χ1n) is 10.5. The van der Waals surface area contributed by atoms with Gasteiger partial charge in [0, 0.05) is 32.7 Å². The van der Waals surface area contributed by atoms with Crippen LogP contribution in [0.2, 0.25) is 0 Å². The first-order chi connectivity index (χ1) is 14.0. The van der Waals surface area contributed by atoms with Gasteiger partial charge in [-0.25, -0.2) is 0 Å². The molecular formula is C24H34N2O3. The number of hydrogen-bond acceptors (Lipinski definition) is 5. The Morgan fingerprint density at radius 2 is 1.76 bits per heavy atom. The lowest BCUT2D eigenvalue weighted by atomic mass is 9.98. The Bertz CT molecular complexity index is 785. The minimum Gasteiger partial charge on any atom is -0.495 e. The molecule has 0 spiro atoms. The number of anilines is 1. The molecule has 0 aromatic heterocycles. The first kappa shape index (κ1) is 21.5. The van der Waals surface area contributed by atoms with Crippen LogP contribution < -0.4 is 14.4 Å². The zero-order chi connectivity index (χ0) is 20.8. The number of aliphatic hydroxyl groups excluding tert-OH is 1. The van der Waals surface area contributed by atoms with Gasteiger partial charge < -0.3 is 19.5 Å². The topological polar surface area (TPSA) is 45.2 Å². The molecule has 1 aliphatic rings. The molecule has 0 radical (unpaired) electrons. The van der Waals surface area contributed by atoms with Gasteiger partial charge in [0.25, 0.3) is 0 Å². The average Bonchev–Trinajstić information content (AvgIpc) is 2.72. The standard InChI is InChI=1S/C24H34N2O3/c1-18(2)22-10-9-21(15-19(22)3)29-17-20(27)16-25-11-13-26(14-12-25)23-7-5-6-8-24(23)28-4/h5-10,15,18,20,27H,11-14,16-17H2,1-4H3/t20-/m1/s1. The Balaban J connectivity index is 1.45. The van der Waals surface area contributed by atoms with Gasteiger partial charge in [0.2, 0.25) is 0 Å². The Hall–Kier alpha value is -2.24. The van der Waals surface area contributed by atoms with Crippen molar-refractivity contribution < 1.29 is 14.6 Å². The highest BCUT2D eigenvalue weighted by Gasteiger charge is 2.21. The van der Waals surface area contributed by atoms with Crippen molar-refractivity contribution >= 4 is 5.69 Å². The second-order valence-electron chi connectivity index (χ2n) is 8.10. The molecule has 3 rings (SSSR count). The van der Waals surface area contributed by atoms with Crippen molar-refractivity contribution in [2.24, 2.45) is 0 Å². The maximum absolute atomic E-state index is 10.4. The summed E-state index contributed by atoms with van der Waals surface area (Å²) in [5.41, 5.74) is 3.71. The third kappa shape index (κ3) is 5.64. The number of nitrogens with zero attached hydrogens (tertiary/aromatic N) is 2. The SMILES string of the molecule is COc1ccccc1N1CCN(C[C@@H](O)COc2ccc(C(C)C)c(C)c2)CC1. The fourth-order valence-corrected chi connectivity index (χ4v) is 3.99. The van der Waals surface area contributed by atoms with Gasteiger partial charge in [-0.2, -0.15) is 0 Å². The van der Waals surface area contributed by atoms with E-state index in [2.05, 4.69) is 48.8 Å². The number of benzene rings is 2. The van der Waals surface area contributed by atoms with Gasteiger partial charge in [-0.3, -0.25) is 4.90 Å². The Morgan fingerprint density at radius 3 is 2.41 bits per heavy atom. The number of rotatable bonds is 8. The van der Waals surface area contributed by atoms with E-state index in [0.29, 0.717) is 19.1 Å². The number of para-hydroxylation sites is 2. The number of ether oxygens (including phenoxy) is 2. The largest absolute Gasteiger partial charge is 0.495 e. The van der Waals surface area contributed by atoms with E-state index in [0.717, 1.165) is 43.4 Å². The molecule has 2 aromatic rings. The van der Waals surface area contributed by atoms with Crippen molar-refractivity contribution in [2.75, 3.05) is 51.3 Å². The molecule has 1 aliphatic heterocycles. The van der Waals surface area contributed by atoms with Gasteiger partial charge >= 0.3 is 0 Å². The summed E-state index contributed by atoms with van der Waals surface area (Å²) in [5.74, 6) is 2.24. The quantitative estimate of drug-likeness (QED) is 0.735. The van der Waals surface area contributed by atoms with Crippen LogP contribution in [-0.2, 0) is 0 Å². The molecule has 1 saturated heterocycles. The minimum atomic E-state index is -0.502. The van der Waals surface area contributed by atoms with Gasteiger partial charge in [0.05, 0.1) is 12.8 Å². The van der Waals surface area contributed by atoms with Crippen molar-refractivity contribution in [2.45, 2.75) is 32.8 Å². The molecule has 5 nitrogen and oxygen atoms in total. The molecule has 1 fully saturated rings. The lowest BCUT2D eigenvalue weighted by Crippen LogP contribution is -2.49. The third-order valence-corrected chi connectivity index (χ3v) is 5.57. The molecule has 5 heteroatoms. The Morgan fingerprint density at radius 1 is 1.03 bits per heavy atom. The normalized spacial score (nSPS) is 16.1. The number of β-amino-alcohol motifs (C(OH)–C–C–N with tert-alkyl or cyclic N) is 1. The summed E-state index contributed by atoms with van der Waals surface area (Å²) in [4.78, 5) is 4.64. The Kier molecular flexibility index (Phi) is 7.40. The van der Waals surface area contributed by atoms with Gasteiger partial charge in [-0.1, -0.05) is 32.0 Å². The van der Waals surface area contributed by atoms with Crippen molar-refractivity contribution in [1.82, 2.24) is 4.90 Å². The molecule has 2 aromatic carbocycles. The predicted molar refractivity (Wildman–Crippen MR) is 118 cm³/mol. The summed E-state index contributed by atoms with van der Waals surface area (Å²) in [7, 11) is 1.71. The molecule has 0 unspecified atom stereocenters. The van der Waals surface area contributed by atoms with Crippen molar-refractivity contribution in [1.29, 1.82) is 0 Å². The van der Waals surface area contributed by atoms with Crippen molar-refractivity contribution in [3.8, 4) is 11.5 Å². The van der Waals surface area contributed by atoms with E-state index in [1.165, 1.54) is 11.1 Å². The maximum Gasteiger partial charge on any atom is 0.142 e. The van der Waals surface area contributed by atoms with Crippen LogP contribution in [0.25, 0.3) is 0 Å². The van der Waals surface area contributed by atoms with Crippen LogP contribution in [-0.4, -0.2) is 62.6 Å². The van der Waals surface area contributed by atoms with Gasteiger partial charge in [0.1, 0.15) is 24.2 Å². The molecule has 29 heavy (non-hydrogen) atoms. The summed E-state index contributed by atoms with van der Waals surface area (Å²) in [6.45, 7) is 11.1. The van der Waals surface area contributed by atoms with Crippen LogP contribution in [0, 0.1) is 6.92 Å². The molecular weight excluding hydrogens is 364 g/mol. The lowest BCUT2D eigenvalue weighted by molar-refractivity contribution is 0.0662. The minimum absolute atomic E-state index is 0.313. The van der Waals surface area contributed by atoms with E-state index in [-0.39, 0.29) is 0 Å². The number of aryl methyl sites for hydroxylation is 1. The lowest BCUT2D eigenvalue weighted by Gasteiger charge is -2.37. The molecule has 158 valence electrons. The predicted octanol–water partition coefficient (Wildman–Crippen LogP) is 3.69. The van der Waals surface area contributed by atoms with Crippen molar-refractivity contribution in [3.63, 3.8) is 0 Å². The van der Waals surface area contributed by atoms with E-state index in [9.17, 15) is 5.11 Å². The summed E-state index contributed by atoms with van der Waals surface area (Å²) in [5, 5.41) is 10.4. The van der Waals surface area contributed by atoms with E-state index >= 15 is 0 Å². The molecule has 1 atom stereocenters. The summed E-state index contributed by atoms with van der Waals surface area (Å²) < 4.78 is 11.3. The molecule has 0 amide bonds. The second-order valence-corrected chi connectivity index (χ2v) is 8.10. The van der Waals surface area contributed by atoms with Gasteiger partial charge in [0.15, 0.2) is 0 Å². The third-order valence-electron chi connectivity index (χ3n) is 5.57.